The number of likely N-dealkylation sites (N-methyl/N-ethyl adjacent to an activating group) is 1. The van der Waals surface area contributed by atoms with Crippen LogP contribution in [-0.2, 0) is 26.2 Å². The van der Waals surface area contributed by atoms with Crippen LogP contribution in [0.1, 0.15) is 18.9 Å². The lowest BCUT2D eigenvalue weighted by Crippen LogP contribution is -2.51. The van der Waals surface area contributed by atoms with Crippen molar-refractivity contribution in [1.29, 1.82) is 0 Å². The number of carbonyl (C=O) groups is 2. The van der Waals surface area contributed by atoms with Crippen molar-refractivity contribution in [2.45, 2.75) is 30.8 Å². The predicted octanol–water partition coefficient (Wildman–Crippen LogP) is 4.24. The molecule has 0 aromatic heterocycles. The number of nitrogens with one attached hydrogen (secondary N) is 1. The minimum absolute atomic E-state index is 0.0433. The second-order valence-electron chi connectivity index (χ2n) is 8.33. The summed E-state index contributed by atoms with van der Waals surface area (Å²) in [7, 11) is -1.44. The highest BCUT2D eigenvalue weighted by molar-refractivity contribution is 7.92. The van der Waals surface area contributed by atoms with Gasteiger partial charge in [0, 0.05) is 18.6 Å². The summed E-state index contributed by atoms with van der Waals surface area (Å²) in [6.45, 7) is 1.04. The number of carbonyl (C=O) groups excluding carboxylic acids is 2. The monoisotopic (exact) mass is 561 g/mol. The van der Waals surface area contributed by atoms with Gasteiger partial charge in [0.1, 0.15) is 24.2 Å². The predicted molar refractivity (Wildman–Crippen MR) is 144 cm³/mol. The van der Waals surface area contributed by atoms with Gasteiger partial charge in [0.25, 0.3) is 10.0 Å². The van der Waals surface area contributed by atoms with E-state index in [9.17, 15) is 22.4 Å². The Bertz CT molecular complexity index is 1370. The van der Waals surface area contributed by atoms with Crippen molar-refractivity contribution in [3.63, 3.8) is 0 Å². The summed E-state index contributed by atoms with van der Waals surface area (Å²) >= 11 is 6.21. The lowest BCUT2D eigenvalue weighted by atomic mass is 10.1. The van der Waals surface area contributed by atoms with Crippen LogP contribution in [0.4, 0.5) is 10.1 Å². The Morgan fingerprint density at radius 2 is 1.71 bits per heavy atom. The van der Waals surface area contributed by atoms with Gasteiger partial charge in [0.2, 0.25) is 11.8 Å². The zero-order valence-corrected chi connectivity index (χ0v) is 22.8. The maximum Gasteiger partial charge on any atom is 0.264 e. The Labute approximate surface area is 227 Å². The van der Waals surface area contributed by atoms with Crippen molar-refractivity contribution in [1.82, 2.24) is 10.2 Å². The summed E-state index contributed by atoms with van der Waals surface area (Å²) < 4.78 is 47.5. The van der Waals surface area contributed by atoms with Crippen LogP contribution in [0.5, 0.6) is 5.75 Å². The smallest absolute Gasteiger partial charge is 0.264 e. The topological polar surface area (TPSA) is 96.0 Å². The molecule has 2 amide bonds. The molecule has 0 aliphatic carbocycles. The van der Waals surface area contributed by atoms with Crippen molar-refractivity contribution in [3.8, 4) is 5.75 Å². The van der Waals surface area contributed by atoms with Crippen LogP contribution in [-0.4, -0.2) is 51.9 Å². The molecule has 0 bridgehead atoms. The molecule has 1 atom stereocenters. The number of halogens is 2. The molecule has 0 saturated carbocycles. The van der Waals surface area contributed by atoms with Crippen molar-refractivity contribution in [3.05, 3.63) is 89.2 Å². The zero-order valence-electron chi connectivity index (χ0n) is 21.2. The number of benzene rings is 3. The van der Waals surface area contributed by atoms with Gasteiger partial charge in [-0.25, -0.2) is 12.8 Å². The highest BCUT2D eigenvalue weighted by Crippen LogP contribution is 2.35. The van der Waals surface area contributed by atoms with Crippen molar-refractivity contribution in [2.24, 2.45) is 0 Å². The number of ether oxygens (including phenoxy) is 1. The molecule has 38 heavy (non-hydrogen) atoms. The van der Waals surface area contributed by atoms with Gasteiger partial charge in [0.05, 0.1) is 17.7 Å². The standard InChI is InChI=1S/C27H29ClFN3O5S/c1-4-23(27(34)30-2)31(17-19-10-13-21(29)14-11-19)26(33)18-32(24-16-20(28)12-15-25(24)37-3)38(35,36)22-8-6-5-7-9-22/h5-16,23H,4,17-18H2,1-3H3,(H,30,34)/t23-/m0/s1. The molecule has 0 radical (unpaired) electrons. The van der Waals surface area contributed by atoms with E-state index in [4.69, 9.17) is 16.3 Å². The fourth-order valence-corrected chi connectivity index (χ4v) is 5.57. The molecule has 3 aromatic carbocycles. The Kier molecular flexibility index (Phi) is 9.71. The Balaban J connectivity index is 2.11. The molecule has 0 fully saturated rings. The van der Waals surface area contributed by atoms with Gasteiger partial charge in [-0.3, -0.25) is 13.9 Å². The third-order valence-corrected chi connectivity index (χ3v) is 7.93. The molecule has 0 saturated heterocycles. The van der Waals surface area contributed by atoms with Gasteiger partial charge < -0.3 is 15.0 Å². The number of anilines is 1. The summed E-state index contributed by atoms with van der Waals surface area (Å²) in [5, 5.41) is 2.79. The molecule has 8 nitrogen and oxygen atoms in total. The molecule has 0 spiro atoms. The van der Waals surface area contributed by atoms with Gasteiger partial charge in [0.15, 0.2) is 0 Å². The van der Waals surface area contributed by atoms with Gasteiger partial charge in [-0.1, -0.05) is 48.9 Å². The van der Waals surface area contributed by atoms with Gasteiger partial charge in [-0.15, -0.1) is 0 Å². The van der Waals surface area contributed by atoms with Crippen LogP contribution in [0.2, 0.25) is 5.02 Å². The molecule has 202 valence electrons. The van der Waals surface area contributed by atoms with Crippen molar-refractivity contribution < 1.29 is 27.1 Å². The van der Waals surface area contributed by atoms with Crippen LogP contribution in [0.3, 0.4) is 0 Å². The number of amides is 2. The third kappa shape index (κ3) is 6.62. The average Bonchev–Trinajstić information content (AvgIpc) is 2.92. The van der Waals surface area contributed by atoms with Crippen LogP contribution in [0.25, 0.3) is 0 Å². The van der Waals surface area contributed by atoms with E-state index in [2.05, 4.69) is 5.32 Å². The summed E-state index contributed by atoms with van der Waals surface area (Å²) in [6.07, 6.45) is 0.262. The van der Waals surface area contributed by atoms with E-state index in [0.29, 0.717) is 5.56 Å². The minimum Gasteiger partial charge on any atom is -0.495 e. The normalized spacial score (nSPS) is 11.9. The second-order valence-corrected chi connectivity index (χ2v) is 10.6. The summed E-state index contributed by atoms with van der Waals surface area (Å²) in [6, 6.07) is 16.7. The number of nitrogens with zero attached hydrogens (tertiary/aromatic N) is 2. The molecule has 0 unspecified atom stereocenters. The van der Waals surface area contributed by atoms with Crippen molar-refractivity contribution in [2.75, 3.05) is 25.0 Å². The zero-order chi connectivity index (χ0) is 27.9. The molecule has 1 N–H and O–H groups in total. The van der Waals surface area contributed by atoms with E-state index in [-0.39, 0.29) is 34.3 Å². The quantitative estimate of drug-likeness (QED) is 0.378. The first-order valence-corrected chi connectivity index (χ1v) is 13.6. The Morgan fingerprint density at radius 1 is 1.05 bits per heavy atom. The number of sulfonamides is 1. The lowest BCUT2D eigenvalue weighted by molar-refractivity contribution is -0.140. The molecule has 0 aliphatic heterocycles. The average molecular weight is 562 g/mol. The first-order valence-electron chi connectivity index (χ1n) is 11.8. The molecular weight excluding hydrogens is 533 g/mol. The molecule has 3 aromatic rings. The SMILES string of the molecule is CC[C@@H](C(=O)NC)N(Cc1ccc(F)cc1)C(=O)CN(c1cc(Cl)ccc1OC)S(=O)(=O)c1ccccc1. The van der Waals surface area contributed by atoms with Crippen LogP contribution in [0, 0.1) is 5.82 Å². The van der Waals surface area contributed by atoms with E-state index in [1.165, 1.54) is 67.6 Å². The molecular formula is C27H29ClFN3O5S. The number of rotatable bonds is 11. The summed E-state index contributed by atoms with van der Waals surface area (Å²) in [4.78, 5) is 27.8. The highest BCUT2D eigenvalue weighted by Gasteiger charge is 2.34. The number of hydrogen-bond acceptors (Lipinski definition) is 5. The Hall–Kier alpha value is -3.63. The molecule has 0 heterocycles. The minimum atomic E-state index is -4.27. The molecule has 11 heteroatoms. The van der Waals surface area contributed by atoms with Gasteiger partial charge in [-0.2, -0.15) is 0 Å². The lowest BCUT2D eigenvalue weighted by Gasteiger charge is -2.33. The molecule has 0 aliphatic rings. The fraction of sp³-hybridized carbons (Fsp3) is 0.259. The van der Waals surface area contributed by atoms with Crippen LogP contribution < -0.4 is 14.4 Å². The van der Waals surface area contributed by atoms with E-state index in [1.807, 2.05) is 0 Å². The second kappa shape index (κ2) is 12.7. The maximum absolute atomic E-state index is 13.9. The van der Waals surface area contributed by atoms with E-state index >= 15 is 0 Å². The van der Waals surface area contributed by atoms with E-state index in [1.54, 1.807) is 31.2 Å². The largest absolute Gasteiger partial charge is 0.495 e. The van der Waals surface area contributed by atoms with Gasteiger partial charge in [-0.05, 0) is 54.4 Å². The maximum atomic E-state index is 13.9. The van der Waals surface area contributed by atoms with Crippen LogP contribution in [0.15, 0.2) is 77.7 Å². The Morgan fingerprint density at radius 3 is 2.29 bits per heavy atom. The molecule has 3 rings (SSSR count). The number of hydrogen-bond donors (Lipinski definition) is 1. The van der Waals surface area contributed by atoms with Gasteiger partial charge >= 0.3 is 0 Å². The first-order chi connectivity index (χ1) is 18.1. The third-order valence-electron chi connectivity index (χ3n) is 5.92. The summed E-state index contributed by atoms with van der Waals surface area (Å²) in [5.41, 5.74) is 0.631. The van der Waals surface area contributed by atoms with Crippen LogP contribution >= 0.6 is 11.6 Å². The fourth-order valence-electron chi connectivity index (χ4n) is 3.96. The first kappa shape index (κ1) is 28.9. The number of methoxy groups -OCH3 is 1. The summed E-state index contributed by atoms with van der Waals surface area (Å²) in [5.74, 6) is -1.32. The van der Waals surface area contributed by atoms with E-state index in [0.717, 1.165) is 4.31 Å². The highest BCUT2D eigenvalue weighted by atomic mass is 35.5. The van der Waals surface area contributed by atoms with Crippen molar-refractivity contribution >= 4 is 39.1 Å². The van der Waals surface area contributed by atoms with E-state index < -0.39 is 40.2 Å².